The summed E-state index contributed by atoms with van der Waals surface area (Å²) in [7, 11) is 0. The molecule has 2 aromatic rings. The predicted molar refractivity (Wildman–Crippen MR) is 85.9 cm³/mol. The first kappa shape index (κ1) is 14.1. The topological polar surface area (TPSA) is 58.2 Å². The standard InChI is InChI=1S/C18H16N2O2/c1-12-9-14-7-8-16(11-15(14)10-12)19-18(22)20-17(21)13-5-3-2-4-6-13/h2-8,11H,1,9-10H2,(H2,19,20,21,22). The van der Waals surface area contributed by atoms with Gasteiger partial charge >= 0.3 is 6.03 Å². The average Bonchev–Trinajstić information content (AvgIpc) is 2.87. The molecule has 0 heterocycles. The number of nitrogens with one attached hydrogen (secondary N) is 2. The van der Waals surface area contributed by atoms with Crippen molar-refractivity contribution in [1.29, 1.82) is 0 Å². The Hall–Kier alpha value is -2.88. The van der Waals surface area contributed by atoms with Crippen molar-refractivity contribution in [2.24, 2.45) is 0 Å². The number of fused-ring (bicyclic) bond motifs is 1. The summed E-state index contributed by atoms with van der Waals surface area (Å²) in [5, 5.41) is 5.00. The van der Waals surface area contributed by atoms with Crippen molar-refractivity contribution in [3.05, 3.63) is 77.4 Å². The van der Waals surface area contributed by atoms with Crippen LogP contribution in [0.15, 0.2) is 60.7 Å². The fourth-order valence-corrected chi connectivity index (χ4v) is 2.57. The smallest absolute Gasteiger partial charge is 0.308 e. The molecule has 4 nitrogen and oxygen atoms in total. The van der Waals surface area contributed by atoms with Crippen LogP contribution in [0.1, 0.15) is 21.5 Å². The highest BCUT2D eigenvalue weighted by Gasteiger charge is 2.15. The third kappa shape index (κ3) is 3.06. The first-order valence-corrected chi connectivity index (χ1v) is 7.07. The highest BCUT2D eigenvalue weighted by atomic mass is 16.2. The van der Waals surface area contributed by atoms with Gasteiger partial charge in [0.15, 0.2) is 0 Å². The predicted octanol–water partition coefficient (Wildman–Crippen LogP) is 3.30. The number of benzene rings is 2. The lowest BCUT2D eigenvalue weighted by atomic mass is 10.1. The number of allylic oxidation sites excluding steroid dienone is 1. The zero-order valence-corrected chi connectivity index (χ0v) is 12.1. The Morgan fingerprint density at radius 1 is 0.955 bits per heavy atom. The average molecular weight is 292 g/mol. The Labute approximate surface area is 128 Å². The quantitative estimate of drug-likeness (QED) is 0.834. The van der Waals surface area contributed by atoms with Gasteiger partial charge in [-0.3, -0.25) is 10.1 Å². The lowest BCUT2D eigenvalue weighted by Crippen LogP contribution is -2.34. The van der Waals surface area contributed by atoms with E-state index in [1.807, 2.05) is 24.3 Å². The van der Waals surface area contributed by atoms with E-state index >= 15 is 0 Å². The maximum Gasteiger partial charge on any atom is 0.326 e. The third-order valence-corrected chi connectivity index (χ3v) is 3.61. The monoisotopic (exact) mass is 292 g/mol. The maximum atomic E-state index is 11.9. The van der Waals surface area contributed by atoms with E-state index in [1.54, 1.807) is 24.3 Å². The molecule has 0 fully saturated rings. The van der Waals surface area contributed by atoms with Crippen molar-refractivity contribution in [2.75, 3.05) is 5.32 Å². The van der Waals surface area contributed by atoms with Crippen LogP contribution in [0.4, 0.5) is 10.5 Å². The summed E-state index contributed by atoms with van der Waals surface area (Å²) in [5.41, 5.74) is 4.72. The number of hydrogen-bond donors (Lipinski definition) is 2. The number of carbonyl (C=O) groups excluding carboxylic acids is 2. The van der Waals surface area contributed by atoms with Crippen LogP contribution in [-0.2, 0) is 12.8 Å². The fraction of sp³-hybridized carbons (Fsp3) is 0.111. The number of imide groups is 1. The number of rotatable bonds is 2. The van der Waals surface area contributed by atoms with Gasteiger partial charge in [-0.05, 0) is 48.2 Å². The van der Waals surface area contributed by atoms with Crippen LogP contribution in [0.25, 0.3) is 0 Å². The molecule has 2 N–H and O–H groups in total. The van der Waals surface area contributed by atoms with Gasteiger partial charge in [-0.2, -0.15) is 0 Å². The molecule has 4 heteroatoms. The molecule has 3 amide bonds. The molecule has 0 saturated carbocycles. The van der Waals surface area contributed by atoms with Gasteiger partial charge in [-0.15, -0.1) is 0 Å². The lowest BCUT2D eigenvalue weighted by Gasteiger charge is -2.08. The summed E-state index contributed by atoms with van der Waals surface area (Å²) >= 11 is 0. The van der Waals surface area contributed by atoms with Gasteiger partial charge in [0.1, 0.15) is 0 Å². The summed E-state index contributed by atoms with van der Waals surface area (Å²) in [5.74, 6) is -0.423. The fourth-order valence-electron chi connectivity index (χ4n) is 2.57. The van der Waals surface area contributed by atoms with E-state index in [2.05, 4.69) is 17.2 Å². The van der Waals surface area contributed by atoms with Crippen LogP contribution in [0.3, 0.4) is 0 Å². The zero-order valence-electron chi connectivity index (χ0n) is 12.1. The Bertz CT molecular complexity index is 751. The van der Waals surface area contributed by atoms with Gasteiger partial charge in [-0.1, -0.05) is 36.4 Å². The van der Waals surface area contributed by atoms with Crippen molar-refractivity contribution in [3.8, 4) is 0 Å². The number of anilines is 1. The van der Waals surface area contributed by atoms with Crippen LogP contribution < -0.4 is 10.6 Å². The van der Waals surface area contributed by atoms with Gasteiger partial charge < -0.3 is 5.32 Å². The molecule has 0 spiro atoms. The minimum atomic E-state index is -0.536. The zero-order chi connectivity index (χ0) is 15.5. The minimum absolute atomic E-state index is 0.423. The molecule has 22 heavy (non-hydrogen) atoms. The lowest BCUT2D eigenvalue weighted by molar-refractivity contribution is 0.0967. The number of urea groups is 1. The molecule has 1 aliphatic rings. The molecular weight excluding hydrogens is 276 g/mol. The molecule has 2 aromatic carbocycles. The summed E-state index contributed by atoms with van der Waals surface area (Å²) in [6.45, 7) is 3.99. The van der Waals surface area contributed by atoms with E-state index in [9.17, 15) is 9.59 Å². The van der Waals surface area contributed by atoms with Crippen molar-refractivity contribution in [2.45, 2.75) is 12.8 Å². The van der Waals surface area contributed by atoms with E-state index in [0.29, 0.717) is 11.3 Å². The van der Waals surface area contributed by atoms with Crippen LogP contribution >= 0.6 is 0 Å². The first-order valence-electron chi connectivity index (χ1n) is 7.07. The van der Waals surface area contributed by atoms with Crippen LogP contribution in [0, 0.1) is 0 Å². The third-order valence-electron chi connectivity index (χ3n) is 3.61. The summed E-state index contributed by atoms with van der Waals surface area (Å²) < 4.78 is 0. The summed E-state index contributed by atoms with van der Waals surface area (Å²) in [4.78, 5) is 23.8. The van der Waals surface area contributed by atoms with E-state index in [1.165, 1.54) is 16.7 Å². The molecular formula is C18H16N2O2. The molecule has 0 aromatic heterocycles. The summed E-state index contributed by atoms with van der Waals surface area (Å²) in [6.07, 6.45) is 1.74. The maximum absolute atomic E-state index is 11.9. The van der Waals surface area contributed by atoms with Crippen molar-refractivity contribution in [3.63, 3.8) is 0 Å². The van der Waals surface area contributed by atoms with Crippen molar-refractivity contribution < 1.29 is 9.59 Å². The Morgan fingerprint density at radius 2 is 1.68 bits per heavy atom. The van der Waals surface area contributed by atoms with Gasteiger partial charge in [0.25, 0.3) is 5.91 Å². The van der Waals surface area contributed by atoms with Crippen molar-refractivity contribution >= 4 is 17.6 Å². The van der Waals surface area contributed by atoms with E-state index in [4.69, 9.17) is 0 Å². The largest absolute Gasteiger partial charge is 0.326 e. The molecule has 3 rings (SSSR count). The highest BCUT2D eigenvalue weighted by molar-refractivity contribution is 6.07. The Kier molecular flexibility index (Phi) is 3.74. The van der Waals surface area contributed by atoms with Crippen LogP contribution in [-0.4, -0.2) is 11.9 Å². The number of carbonyl (C=O) groups is 2. The molecule has 0 aliphatic heterocycles. The van der Waals surface area contributed by atoms with Crippen molar-refractivity contribution in [1.82, 2.24) is 5.32 Å². The van der Waals surface area contributed by atoms with Gasteiger partial charge in [0.2, 0.25) is 0 Å². The molecule has 0 atom stereocenters. The normalized spacial score (nSPS) is 12.6. The Morgan fingerprint density at radius 3 is 2.45 bits per heavy atom. The van der Waals surface area contributed by atoms with Crippen LogP contribution in [0.5, 0.6) is 0 Å². The van der Waals surface area contributed by atoms with Gasteiger partial charge in [0.05, 0.1) is 0 Å². The number of hydrogen-bond acceptors (Lipinski definition) is 2. The first-order chi connectivity index (χ1) is 10.6. The van der Waals surface area contributed by atoms with E-state index in [0.717, 1.165) is 12.8 Å². The second kappa shape index (κ2) is 5.85. The van der Waals surface area contributed by atoms with E-state index in [-0.39, 0.29) is 0 Å². The minimum Gasteiger partial charge on any atom is -0.308 e. The summed E-state index contributed by atoms with van der Waals surface area (Å²) in [6, 6.07) is 13.8. The second-order valence-electron chi connectivity index (χ2n) is 5.36. The molecule has 1 aliphatic carbocycles. The van der Waals surface area contributed by atoms with Gasteiger partial charge in [0, 0.05) is 11.3 Å². The Balaban J connectivity index is 1.64. The number of amides is 3. The van der Waals surface area contributed by atoms with E-state index < -0.39 is 11.9 Å². The molecule has 0 radical (unpaired) electrons. The van der Waals surface area contributed by atoms with Crippen LogP contribution in [0.2, 0.25) is 0 Å². The highest BCUT2D eigenvalue weighted by Crippen LogP contribution is 2.27. The van der Waals surface area contributed by atoms with Gasteiger partial charge in [-0.25, -0.2) is 4.79 Å². The SMILES string of the molecule is C=C1Cc2ccc(NC(=O)NC(=O)c3ccccc3)cc2C1. The second-order valence-corrected chi connectivity index (χ2v) is 5.36. The molecule has 0 saturated heterocycles. The molecule has 0 unspecified atom stereocenters. The molecule has 110 valence electrons. The molecule has 0 bridgehead atoms.